The fourth-order valence-electron chi connectivity index (χ4n) is 2.28. The van der Waals surface area contributed by atoms with Crippen molar-refractivity contribution in [2.75, 3.05) is 20.6 Å². The lowest BCUT2D eigenvalue weighted by atomic mass is 10.1. The Morgan fingerprint density at radius 1 is 0.955 bits per heavy atom. The first-order valence-corrected chi connectivity index (χ1v) is 7.29. The standard InChI is InChI=1S/C18H23N3.HI/c1-19-18(20-14-13-16-9-5-3-6-10-16)21(2)15-17-11-7-4-8-12-17;/h3-12H,13-15H2,1-2H3,(H,19,20);1H. The van der Waals surface area contributed by atoms with E-state index in [1.807, 2.05) is 19.2 Å². The van der Waals surface area contributed by atoms with E-state index in [-0.39, 0.29) is 24.0 Å². The van der Waals surface area contributed by atoms with Crippen LogP contribution in [0.5, 0.6) is 0 Å². The minimum atomic E-state index is 0. The third-order valence-electron chi connectivity index (χ3n) is 3.38. The van der Waals surface area contributed by atoms with Gasteiger partial charge in [0.2, 0.25) is 0 Å². The van der Waals surface area contributed by atoms with Gasteiger partial charge in [0.05, 0.1) is 0 Å². The summed E-state index contributed by atoms with van der Waals surface area (Å²) >= 11 is 0. The molecule has 2 rings (SSSR count). The Hall–Kier alpha value is -1.56. The highest BCUT2D eigenvalue weighted by atomic mass is 127. The molecule has 0 unspecified atom stereocenters. The summed E-state index contributed by atoms with van der Waals surface area (Å²) in [7, 11) is 3.89. The van der Waals surface area contributed by atoms with Crippen LogP contribution in [0.1, 0.15) is 11.1 Å². The summed E-state index contributed by atoms with van der Waals surface area (Å²) in [6.45, 7) is 1.74. The molecule has 0 atom stereocenters. The van der Waals surface area contributed by atoms with Crippen molar-refractivity contribution in [1.82, 2.24) is 10.2 Å². The minimum absolute atomic E-state index is 0. The molecule has 0 radical (unpaired) electrons. The summed E-state index contributed by atoms with van der Waals surface area (Å²) in [5.41, 5.74) is 2.62. The van der Waals surface area contributed by atoms with Gasteiger partial charge in [-0.15, -0.1) is 24.0 Å². The normalized spacial score (nSPS) is 10.7. The molecule has 0 saturated carbocycles. The van der Waals surface area contributed by atoms with Gasteiger partial charge in [-0.3, -0.25) is 4.99 Å². The van der Waals surface area contributed by atoms with Crippen LogP contribution >= 0.6 is 24.0 Å². The van der Waals surface area contributed by atoms with Crippen molar-refractivity contribution in [3.05, 3.63) is 71.8 Å². The average Bonchev–Trinajstić information content (AvgIpc) is 2.53. The third-order valence-corrected chi connectivity index (χ3v) is 3.38. The van der Waals surface area contributed by atoms with E-state index in [1.54, 1.807) is 0 Å². The van der Waals surface area contributed by atoms with Gasteiger partial charge < -0.3 is 10.2 Å². The number of rotatable bonds is 5. The summed E-state index contributed by atoms with van der Waals surface area (Å²) in [5.74, 6) is 0.926. The predicted molar refractivity (Wildman–Crippen MR) is 105 cm³/mol. The lowest BCUT2D eigenvalue weighted by molar-refractivity contribution is 0.477. The summed E-state index contributed by atoms with van der Waals surface area (Å²) in [6.07, 6.45) is 0.999. The molecule has 22 heavy (non-hydrogen) atoms. The molecular weight excluding hydrogens is 385 g/mol. The highest BCUT2D eigenvalue weighted by Gasteiger charge is 2.05. The van der Waals surface area contributed by atoms with E-state index < -0.39 is 0 Å². The van der Waals surface area contributed by atoms with E-state index in [2.05, 4.69) is 70.8 Å². The summed E-state index contributed by atoms with van der Waals surface area (Å²) in [5, 5.41) is 3.41. The quantitative estimate of drug-likeness (QED) is 0.465. The zero-order valence-corrected chi connectivity index (χ0v) is 15.5. The Bertz CT molecular complexity index is 555. The summed E-state index contributed by atoms with van der Waals surface area (Å²) < 4.78 is 0. The molecule has 0 aliphatic rings. The van der Waals surface area contributed by atoms with E-state index in [0.717, 1.165) is 25.5 Å². The average molecular weight is 409 g/mol. The van der Waals surface area contributed by atoms with Crippen LogP contribution in [0.15, 0.2) is 65.7 Å². The number of hydrogen-bond donors (Lipinski definition) is 1. The first-order valence-electron chi connectivity index (χ1n) is 7.29. The molecule has 0 aromatic heterocycles. The zero-order chi connectivity index (χ0) is 14.9. The Balaban J connectivity index is 0.00000242. The van der Waals surface area contributed by atoms with Crippen molar-refractivity contribution in [1.29, 1.82) is 0 Å². The van der Waals surface area contributed by atoms with Crippen LogP contribution in [-0.2, 0) is 13.0 Å². The first-order chi connectivity index (χ1) is 10.3. The maximum Gasteiger partial charge on any atom is 0.193 e. The maximum atomic E-state index is 4.35. The second-order valence-electron chi connectivity index (χ2n) is 5.05. The van der Waals surface area contributed by atoms with Gasteiger partial charge in [0.1, 0.15) is 0 Å². The van der Waals surface area contributed by atoms with Crippen molar-refractivity contribution < 1.29 is 0 Å². The molecule has 0 bridgehead atoms. The van der Waals surface area contributed by atoms with Crippen molar-refractivity contribution in [3.63, 3.8) is 0 Å². The molecule has 0 aliphatic heterocycles. The Morgan fingerprint density at radius 2 is 1.50 bits per heavy atom. The fraction of sp³-hybridized carbons (Fsp3) is 0.278. The van der Waals surface area contributed by atoms with Gasteiger partial charge in [0, 0.05) is 27.2 Å². The van der Waals surface area contributed by atoms with Crippen LogP contribution in [0, 0.1) is 0 Å². The first kappa shape index (κ1) is 18.5. The molecule has 0 spiro atoms. The largest absolute Gasteiger partial charge is 0.356 e. The minimum Gasteiger partial charge on any atom is -0.356 e. The molecule has 0 fully saturated rings. The van der Waals surface area contributed by atoms with Gasteiger partial charge in [-0.1, -0.05) is 60.7 Å². The van der Waals surface area contributed by atoms with Crippen LogP contribution < -0.4 is 5.32 Å². The number of hydrogen-bond acceptors (Lipinski definition) is 1. The van der Waals surface area contributed by atoms with E-state index >= 15 is 0 Å². The predicted octanol–water partition coefficient (Wildman–Crippen LogP) is 3.55. The topological polar surface area (TPSA) is 27.6 Å². The number of aliphatic imine (C=N–C) groups is 1. The van der Waals surface area contributed by atoms with E-state index in [0.29, 0.717) is 0 Å². The molecule has 0 aliphatic carbocycles. The summed E-state index contributed by atoms with van der Waals surface area (Å²) in [6, 6.07) is 20.9. The molecule has 0 amide bonds. The van der Waals surface area contributed by atoms with Gasteiger partial charge in [-0.05, 0) is 17.5 Å². The second kappa shape index (κ2) is 10.2. The molecule has 118 valence electrons. The van der Waals surface area contributed by atoms with Crippen LogP contribution in [0.2, 0.25) is 0 Å². The van der Waals surface area contributed by atoms with Crippen molar-refractivity contribution >= 4 is 29.9 Å². The highest BCUT2D eigenvalue weighted by Crippen LogP contribution is 2.03. The molecule has 1 N–H and O–H groups in total. The molecule has 3 nitrogen and oxygen atoms in total. The Labute approximate surface area is 150 Å². The van der Waals surface area contributed by atoms with Crippen LogP contribution in [0.25, 0.3) is 0 Å². The van der Waals surface area contributed by atoms with Gasteiger partial charge >= 0.3 is 0 Å². The van der Waals surface area contributed by atoms with E-state index in [1.165, 1.54) is 11.1 Å². The van der Waals surface area contributed by atoms with E-state index in [9.17, 15) is 0 Å². The van der Waals surface area contributed by atoms with Crippen molar-refractivity contribution in [2.45, 2.75) is 13.0 Å². The van der Waals surface area contributed by atoms with Gasteiger partial charge in [-0.2, -0.15) is 0 Å². The van der Waals surface area contributed by atoms with Crippen LogP contribution in [-0.4, -0.2) is 31.5 Å². The monoisotopic (exact) mass is 409 g/mol. The second-order valence-corrected chi connectivity index (χ2v) is 5.05. The maximum absolute atomic E-state index is 4.35. The van der Waals surface area contributed by atoms with Gasteiger partial charge in [-0.25, -0.2) is 0 Å². The van der Waals surface area contributed by atoms with Gasteiger partial charge in [0.15, 0.2) is 5.96 Å². The number of halogens is 1. The molecule has 0 heterocycles. The molecule has 0 saturated heterocycles. The van der Waals surface area contributed by atoms with Crippen molar-refractivity contribution in [2.24, 2.45) is 4.99 Å². The van der Waals surface area contributed by atoms with E-state index in [4.69, 9.17) is 0 Å². The molecular formula is C18H24IN3. The number of nitrogens with one attached hydrogen (secondary N) is 1. The SMILES string of the molecule is CN=C(NCCc1ccccc1)N(C)Cc1ccccc1.I. The zero-order valence-electron chi connectivity index (χ0n) is 13.2. The smallest absolute Gasteiger partial charge is 0.193 e. The van der Waals surface area contributed by atoms with Gasteiger partial charge in [0.25, 0.3) is 0 Å². The fourth-order valence-corrected chi connectivity index (χ4v) is 2.28. The number of nitrogens with zero attached hydrogens (tertiary/aromatic N) is 2. The third kappa shape index (κ3) is 6.05. The Morgan fingerprint density at radius 3 is 2.05 bits per heavy atom. The summed E-state index contributed by atoms with van der Waals surface area (Å²) in [4.78, 5) is 6.49. The molecule has 4 heteroatoms. The van der Waals surface area contributed by atoms with Crippen LogP contribution in [0.4, 0.5) is 0 Å². The number of guanidine groups is 1. The van der Waals surface area contributed by atoms with Crippen LogP contribution in [0.3, 0.4) is 0 Å². The lowest BCUT2D eigenvalue weighted by Crippen LogP contribution is -2.39. The lowest BCUT2D eigenvalue weighted by Gasteiger charge is -2.22. The Kier molecular flexibility index (Phi) is 8.58. The molecule has 2 aromatic carbocycles. The highest BCUT2D eigenvalue weighted by molar-refractivity contribution is 14.0. The van der Waals surface area contributed by atoms with Crippen molar-refractivity contribution in [3.8, 4) is 0 Å². The number of benzene rings is 2. The molecule has 2 aromatic rings.